The molecule has 0 atom stereocenters. The fraction of sp³-hybridized carbons (Fsp3) is 0.542. The number of carbonyl (C=O) groups is 2. The van der Waals surface area contributed by atoms with Gasteiger partial charge in [0.25, 0.3) is 5.91 Å². The van der Waals surface area contributed by atoms with Gasteiger partial charge in [-0.2, -0.15) is 5.10 Å². The third-order valence-corrected chi connectivity index (χ3v) is 6.09. The molecule has 3 heterocycles. The summed E-state index contributed by atoms with van der Waals surface area (Å²) in [6, 6.07) is 10.4. The maximum Gasteiger partial charge on any atom is 0.274 e. The Kier molecular flexibility index (Phi) is 6.70. The summed E-state index contributed by atoms with van der Waals surface area (Å²) >= 11 is 0. The van der Waals surface area contributed by atoms with Crippen molar-refractivity contribution in [2.45, 2.75) is 46.2 Å². The molecule has 1 aromatic heterocycles. The summed E-state index contributed by atoms with van der Waals surface area (Å²) in [5.41, 5.74) is 4.12. The normalized spacial score (nSPS) is 17.4. The van der Waals surface area contributed by atoms with Crippen LogP contribution in [0.25, 0.3) is 0 Å². The van der Waals surface area contributed by atoms with Gasteiger partial charge in [0, 0.05) is 69.9 Å². The van der Waals surface area contributed by atoms with Crippen LogP contribution in [0.15, 0.2) is 30.3 Å². The zero-order chi connectivity index (χ0) is 21.8. The Balaban J connectivity index is 1.59. The molecule has 0 saturated carbocycles. The Morgan fingerprint density at radius 3 is 2.71 bits per heavy atom. The Morgan fingerprint density at radius 2 is 1.94 bits per heavy atom. The van der Waals surface area contributed by atoms with Crippen LogP contribution in [0.5, 0.6) is 0 Å². The van der Waals surface area contributed by atoms with Gasteiger partial charge in [0.2, 0.25) is 5.91 Å². The van der Waals surface area contributed by atoms with Gasteiger partial charge in [-0.15, -0.1) is 0 Å². The molecule has 7 heteroatoms. The smallest absolute Gasteiger partial charge is 0.274 e. The average molecular weight is 424 g/mol. The van der Waals surface area contributed by atoms with Crippen molar-refractivity contribution >= 4 is 11.8 Å². The summed E-state index contributed by atoms with van der Waals surface area (Å²) in [4.78, 5) is 29.4. The second-order valence-electron chi connectivity index (χ2n) is 9.00. The van der Waals surface area contributed by atoms with E-state index in [0.717, 1.165) is 44.6 Å². The highest BCUT2D eigenvalue weighted by molar-refractivity contribution is 5.94. The minimum absolute atomic E-state index is 0.00817. The summed E-state index contributed by atoms with van der Waals surface area (Å²) in [6.07, 6.45) is 2.15. The SMILES string of the molecule is CC(C)CN1CCc2c(c(C(=O)N3CCNC(=O)CC3)nn2CCc2ccccc2)C1. The van der Waals surface area contributed by atoms with Crippen LogP contribution < -0.4 is 5.32 Å². The van der Waals surface area contributed by atoms with Crippen molar-refractivity contribution < 1.29 is 9.59 Å². The highest BCUT2D eigenvalue weighted by Crippen LogP contribution is 2.25. The fourth-order valence-corrected chi connectivity index (χ4v) is 4.58. The van der Waals surface area contributed by atoms with E-state index in [1.165, 1.54) is 11.3 Å². The number of hydrogen-bond donors (Lipinski definition) is 1. The Labute approximate surface area is 184 Å². The minimum Gasteiger partial charge on any atom is -0.354 e. The van der Waals surface area contributed by atoms with Crippen LogP contribution in [0.3, 0.4) is 0 Å². The van der Waals surface area contributed by atoms with Crippen LogP contribution in [0.4, 0.5) is 0 Å². The first-order valence-corrected chi connectivity index (χ1v) is 11.4. The Morgan fingerprint density at radius 1 is 1.13 bits per heavy atom. The van der Waals surface area contributed by atoms with E-state index in [1.807, 2.05) is 6.07 Å². The van der Waals surface area contributed by atoms with Crippen LogP contribution in [-0.2, 0) is 30.7 Å². The molecule has 7 nitrogen and oxygen atoms in total. The van der Waals surface area contributed by atoms with Crippen LogP contribution in [-0.4, -0.2) is 64.1 Å². The quantitative estimate of drug-likeness (QED) is 0.773. The minimum atomic E-state index is -0.0439. The van der Waals surface area contributed by atoms with Crippen LogP contribution >= 0.6 is 0 Å². The fourth-order valence-electron chi connectivity index (χ4n) is 4.58. The zero-order valence-corrected chi connectivity index (χ0v) is 18.6. The van der Waals surface area contributed by atoms with E-state index in [4.69, 9.17) is 5.10 Å². The zero-order valence-electron chi connectivity index (χ0n) is 18.6. The van der Waals surface area contributed by atoms with Crippen molar-refractivity contribution in [3.63, 3.8) is 0 Å². The second kappa shape index (κ2) is 9.64. The van der Waals surface area contributed by atoms with Crippen LogP contribution in [0.1, 0.15) is 47.6 Å². The Hall–Kier alpha value is -2.67. The number of rotatable bonds is 6. The number of nitrogens with zero attached hydrogens (tertiary/aromatic N) is 4. The molecule has 2 amide bonds. The summed E-state index contributed by atoms with van der Waals surface area (Å²) < 4.78 is 2.06. The first-order chi connectivity index (χ1) is 15.0. The monoisotopic (exact) mass is 423 g/mol. The van der Waals surface area contributed by atoms with Gasteiger partial charge in [0.1, 0.15) is 0 Å². The van der Waals surface area contributed by atoms with Crippen molar-refractivity contribution in [3.8, 4) is 0 Å². The van der Waals surface area contributed by atoms with E-state index in [1.54, 1.807) is 4.90 Å². The predicted octanol–water partition coefficient (Wildman–Crippen LogP) is 2.10. The lowest BCUT2D eigenvalue weighted by Gasteiger charge is -2.29. The number of nitrogens with one attached hydrogen (secondary N) is 1. The van der Waals surface area contributed by atoms with Gasteiger partial charge in [-0.1, -0.05) is 44.2 Å². The molecule has 2 aromatic rings. The molecule has 0 bridgehead atoms. The molecule has 1 N–H and O–H groups in total. The first-order valence-electron chi connectivity index (χ1n) is 11.4. The first kappa shape index (κ1) is 21.6. The molecular formula is C24H33N5O2. The molecule has 166 valence electrons. The summed E-state index contributed by atoms with van der Waals surface area (Å²) in [6.45, 7) is 9.49. The molecule has 0 spiro atoms. The van der Waals surface area contributed by atoms with E-state index >= 15 is 0 Å². The molecule has 31 heavy (non-hydrogen) atoms. The molecule has 0 aliphatic carbocycles. The number of benzene rings is 1. The van der Waals surface area contributed by atoms with Gasteiger partial charge in [0.15, 0.2) is 5.69 Å². The van der Waals surface area contributed by atoms with Gasteiger partial charge < -0.3 is 10.2 Å². The lowest BCUT2D eigenvalue weighted by molar-refractivity contribution is -0.120. The highest BCUT2D eigenvalue weighted by atomic mass is 16.2. The van der Waals surface area contributed by atoms with Gasteiger partial charge in [-0.3, -0.25) is 19.2 Å². The average Bonchev–Trinajstić information content (AvgIpc) is 2.97. The summed E-state index contributed by atoms with van der Waals surface area (Å²) in [7, 11) is 0. The van der Waals surface area contributed by atoms with Crippen LogP contribution in [0.2, 0.25) is 0 Å². The van der Waals surface area contributed by atoms with Crippen LogP contribution in [0, 0.1) is 5.92 Å². The lowest BCUT2D eigenvalue weighted by atomic mass is 10.0. The topological polar surface area (TPSA) is 70.5 Å². The van der Waals surface area contributed by atoms with Crippen molar-refractivity contribution in [2.24, 2.45) is 5.92 Å². The van der Waals surface area contributed by atoms with Gasteiger partial charge in [-0.05, 0) is 17.9 Å². The number of fused-ring (bicyclic) bond motifs is 1. The third-order valence-electron chi connectivity index (χ3n) is 6.09. The molecule has 1 fully saturated rings. The summed E-state index contributed by atoms with van der Waals surface area (Å²) in [5, 5.41) is 7.69. The molecule has 2 aliphatic rings. The van der Waals surface area contributed by atoms with E-state index in [2.05, 4.69) is 53.0 Å². The maximum atomic E-state index is 13.4. The van der Waals surface area contributed by atoms with Crippen molar-refractivity contribution in [2.75, 3.05) is 32.7 Å². The number of aromatic nitrogens is 2. The molecular weight excluding hydrogens is 390 g/mol. The largest absolute Gasteiger partial charge is 0.354 e. The number of carbonyl (C=O) groups excluding carboxylic acids is 2. The molecule has 0 radical (unpaired) electrons. The van der Waals surface area contributed by atoms with Gasteiger partial charge >= 0.3 is 0 Å². The number of aryl methyl sites for hydroxylation is 2. The van der Waals surface area contributed by atoms with E-state index in [9.17, 15) is 9.59 Å². The summed E-state index contributed by atoms with van der Waals surface area (Å²) in [5.74, 6) is 0.544. The third kappa shape index (κ3) is 5.15. The standard InChI is InChI=1S/C24H33N5O2/c1-18(2)16-27-12-9-21-20(17-27)23(24(31)28-13-10-22(30)25-11-15-28)26-29(21)14-8-19-6-4-3-5-7-19/h3-7,18H,8-17H2,1-2H3,(H,25,30). The highest BCUT2D eigenvalue weighted by Gasteiger charge is 2.31. The maximum absolute atomic E-state index is 13.4. The Bertz CT molecular complexity index is 922. The van der Waals surface area contributed by atoms with Crippen molar-refractivity contribution in [1.29, 1.82) is 0 Å². The molecule has 0 unspecified atom stereocenters. The van der Waals surface area contributed by atoms with Crippen molar-refractivity contribution in [3.05, 3.63) is 52.8 Å². The predicted molar refractivity (Wildman–Crippen MR) is 120 cm³/mol. The number of amides is 2. The van der Waals surface area contributed by atoms with E-state index < -0.39 is 0 Å². The van der Waals surface area contributed by atoms with Gasteiger partial charge in [0.05, 0.1) is 0 Å². The lowest BCUT2D eigenvalue weighted by Crippen LogP contribution is -2.37. The number of hydrogen-bond acceptors (Lipinski definition) is 4. The van der Waals surface area contributed by atoms with E-state index in [0.29, 0.717) is 37.7 Å². The van der Waals surface area contributed by atoms with E-state index in [-0.39, 0.29) is 11.8 Å². The van der Waals surface area contributed by atoms with Gasteiger partial charge in [-0.25, -0.2) is 0 Å². The molecule has 1 aromatic carbocycles. The molecule has 2 aliphatic heterocycles. The van der Waals surface area contributed by atoms with Crippen molar-refractivity contribution in [1.82, 2.24) is 24.9 Å². The second-order valence-corrected chi connectivity index (χ2v) is 9.00. The molecule has 4 rings (SSSR count). The molecule has 1 saturated heterocycles.